The van der Waals surface area contributed by atoms with Crippen LogP contribution in [0.4, 0.5) is 0 Å². The van der Waals surface area contributed by atoms with Crippen LogP contribution in [0.2, 0.25) is 0 Å². The number of hydrogen-bond donors (Lipinski definition) is 1. The maximum atomic E-state index is 4.40. The average Bonchev–Trinajstić information content (AvgIpc) is 2.92. The molecule has 102 valence electrons. The van der Waals surface area contributed by atoms with E-state index in [1.165, 1.54) is 5.56 Å². The quantitative estimate of drug-likeness (QED) is 0.834. The molecule has 2 aromatic rings. The Hall–Kier alpha value is -1.19. The molecule has 0 saturated heterocycles. The van der Waals surface area contributed by atoms with E-state index < -0.39 is 0 Å². The van der Waals surface area contributed by atoms with Gasteiger partial charge in [-0.25, -0.2) is 4.98 Å². The molecule has 0 radical (unpaired) electrons. The fourth-order valence-electron chi connectivity index (χ4n) is 2.28. The Labute approximate surface area is 119 Å². The second-order valence-electron chi connectivity index (χ2n) is 5.39. The molecule has 0 amide bonds. The van der Waals surface area contributed by atoms with Crippen molar-refractivity contribution in [3.63, 3.8) is 0 Å². The summed E-state index contributed by atoms with van der Waals surface area (Å²) in [6.45, 7) is 6.72. The molecule has 0 spiro atoms. The topological polar surface area (TPSA) is 24.9 Å². The largest absolute Gasteiger partial charge is 0.302 e. The SMILES string of the molecule is CC(C)CC(NC(C)c1cscn1)c1ccccc1. The molecule has 2 nitrogen and oxygen atoms in total. The van der Waals surface area contributed by atoms with Crippen molar-refractivity contribution in [3.05, 3.63) is 52.5 Å². The number of hydrogen-bond acceptors (Lipinski definition) is 3. The van der Waals surface area contributed by atoms with Gasteiger partial charge in [-0.15, -0.1) is 11.3 Å². The zero-order valence-electron chi connectivity index (χ0n) is 11.8. The molecule has 2 atom stereocenters. The Morgan fingerprint density at radius 2 is 1.89 bits per heavy atom. The van der Waals surface area contributed by atoms with Crippen molar-refractivity contribution >= 4 is 11.3 Å². The summed E-state index contributed by atoms with van der Waals surface area (Å²) in [5.74, 6) is 0.667. The van der Waals surface area contributed by atoms with Gasteiger partial charge in [0.25, 0.3) is 0 Å². The Balaban J connectivity index is 2.10. The number of nitrogens with zero attached hydrogens (tertiary/aromatic N) is 1. The number of benzene rings is 1. The zero-order valence-corrected chi connectivity index (χ0v) is 12.7. The van der Waals surface area contributed by atoms with Crippen molar-refractivity contribution in [3.8, 4) is 0 Å². The molecule has 0 saturated carbocycles. The maximum absolute atomic E-state index is 4.40. The summed E-state index contributed by atoms with van der Waals surface area (Å²) < 4.78 is 0. The van der Waals surface area contributed by atoms with Crippen LogP contribution in [0.3, 0.4) is 0 Å². The van der Waals surface area contributed by atoms with E-state index in [-0.39, 0.29) is 6.04 Å². The van der Waals surface area contributed by atoms with E-state index in [9.17, 15) is 0 Å². The molecule has 1 aromatic carbocycles. The molecular weight excluding hydrogens is 252 g/mol. The number of rotatable bonds is 6. The van der Waals surface area contributed by atoms with Crippen LogP contribution in [0.15, 0.2) is 41.2 Å². The van der Waals surface area contributed by atoms with Crippen molar-refractivity contribution in [2.75, 3.05) is 0 Å². The third-order valence-corrected chi connectivity index (χ3v) is 3.86. The first-order valence-corrected chi connectivity index (χ1v) is 7.80. The second kappa shape index (κ2) is 6.83. The fourth-order valence-corrected chi connectivity index (χ4v) is 2.93. The molecule has 1 aromatic heterocycles. The van der Waals surface area contributed by atoms with Gasteiger partial charge in [0.15, 0.2) is 0 Å². The summed E-state index contributed by atoms with van der Waals surface area (Å²) in [7, 11) is 0. The lowest BCUT2D eigenvalue weighted by Crippen LogP contribution is -2.26. The minimum Gasteiger partial charge on any atom is -0.302 e. The van der Waals surface area contributed by atoms with Crippen LogP contribution in [0, 0.1) is 5.92 Å². The summed E-state index contributed by atoms with van der Waals surface area (Å²) in [5, 5.41) is 5.83. The number of aromatic nitrogens is 1. The highest BCUT2D eigenvalue weighted by Gasteiger charge is 2.17. The number of thiazole rings is 1. The van der Waals surface area contributed by atoms with Crippen LogP contribution in [0.25, 0.3) is 0 Å². The Kier molecular flexibility index (Phi) is 5.11. The Bertz CT molecular complexity index is 465. The van der Waals surface area contributed by atoms with E-state index in [2.05, 4.69) is 66.8 Å². The van der Waals surface area contributed by atoms with Crippen LogP contribution < -0.4 is 5.32 Å². The molecule has 1 heterocycles. The molecule has 0 aliphatic rings. The summed E-state index contributed by atoms with van der Waals surface area (Å²) in [6, 6.07) is 11.4. The van der Waals surface area contributed by atoms with Crippen LogP contribution in [0.1, 0.15) is 50.5 Å². The third kappa shape index (κ3) is 4.15. The van der Waals surface area contributed by atoms with Crippen molar-refractivity contribution in [1.82, 2.24) is 10.3 Å². The van der Waals surface area contributed by atoms with Gasteiger partial charge < -0.3 is 5.32 Å². The van der Waals surface area contributed by atoms with Gasteiger partial charge in [-0.1, -0.05) is 44.2 Å². The predicted molar refractivity (Wildman–Crippen MR) is 82.3 cm³/mol. The Morgan fingerprint density at radius 1 is 1.16 bits per heavy atom. The van der Waals surface area contributed by atoms with Gasteiger partial charge in [0, 0.05) is 17.5 Å². The van der Waals surface area contributed by atoms with Crippen molar-refractivity contribution in [1.29, 1.82) is 0 Å². The molecule has 0 fully saturated rings. The summed E-state index contributed by atoms with van der Waals surface area (Å²) in [6.07, 6.45) is 1.14. The average molecular weight is 274 g/mol. The van der Waals surface area contributed by atoms with Crippen molar-refractivity contribution < 1.29 is 0 Å². The monoisotopic (exact) mass is 274 g/mol. The van der Waals surface area contributed by atoms with E-state index >= 15 is 0 Å². The molecule has 0 aliphatic heterocycles. The molecule has 0 bridgehead atoms. The Morgan fingerprint density at radius 3 is 2.47 bits per heavy atom. The minimum atomic E-state index is 0.287. The van der Waals surface area contributed by atoms with Crippen LogP contribution >= 0.6 is 11.3 Å². The van der Waals surface area contributed by atoms with Gasteiger partial charge in [-0.2, -0.15) is 0 Å². The van der Waals surface area contributed by atoms with E-state index in [1.54, 1.807) is 11.3 Å². The lowest BCUT2D eigenvalue weighted by molar-refractivity contribution is 0.391. The van der Waals surface area contributed by atoms with Gasteiger partial charge in [-0.05, 0) is 24.8 Å². The lowest BCUT2D eigenvalue weighted by Gasteiger charge is -2.24. The van der Waals surface area contributed by atoms with Gasteiger partial charge in [0.1, 0.15) is 0 Å². The first-order chi connectivity index (χ1) is 9.16. The van der Waals surface area contributed by atoms with E-state index in [0.29, 0.717) is 12.0 Å². The van der Waals surface area contributed by atoms with Gasteiger partial charge >= 0.3 is 0 Å². The molecule has 0 aliphatic carbocycles. The second-order valence-corrected chi connectivity index (χ2v) is 6.11. The van der Waals surface area contributed by atoms with E-state index in [0.717, 1.165) is 12.1 Å². The first-order valence-electron chi connectivity index (χ1n) is 6.86. The zero-order chi connectivity index (χ0) is 13.7. The highest BCUT2D eigenvalue weighted by molar-refractivity contribution is 7.07. The van der Waals surface area contributed by atoms with Gasteiger partial charge in [-0.3, -0.25) is 0 Å². The summed E-state index contributed by atoms with van der Waals surface area (Å²) in [4.78, 5) is 4.40. The highest BCUT2D eigenvalue weighted by atomic mass is 32.1. The van der Waals surface area contributed by atoms with Crippen LogP contribution in [-0.2, 0) is 0 Å². The summed E-state index contributed by atoms with van der Waals surface area (Å²) >= 11 is 1.65. The molecule has 3 heteroatoms. The molecular formula is C16H22N2S. The minimum absolute atomic E-state index is 0.287. The molecule has 2 rings (SSSR count). The van der Waals surface area contributed by atoms with Crippen LogP contribution in [0.5, 0.6) is 0 Å². The smallest absolute Gasteiger partial charge is 0.0795 e. The third-order valence-electron chi connectivity index (χ3n) is 3.26. The molecule has 19 heavy (non-hydrogen) atoms. The van der Waals surface area contributed by atoms with Gasteiger partial charge in [0.2, 0.25) is 0 Å². The predicted octanol–water partition coefficient (Wildman–Crippen LogP) is 4.58. The van der Waals surface area contributed by atoms with Crippen molar-refractivity contribution in [2.24, 2.45) is 5.92 Å². The van der Waals surface area contributed by atoms with Crippen molar-refractivity contribution in [2.45, 2.75) is 39.3 Å². The van der Waals surface area contributed by atoms with E-state index in [4.69, 9.17) is 0 Å². The molecule has 2 unspecified atom stereocenters. The normalized spacial score (nSPS) is 14.5. The standard InChI is InChI=1S/C16H22N2S/c1-12(2)9-15(14-7-5-4-6-8-14)18-13(3)16-10-19-11-17-16/h4-8,10-13,15,18H,9H2,1-3H3. The summed E-state index contributed by atoms with van der Waals surface area (Å²) in [5.41, 5.74) is 4.39. The van der Waals surface area contributed by atoms with E-state index in [1.807, 2.05) is 5.51 Å². The maximum Gasteiger partial charge on any atom is 0.0795 e. The fraction of sp³-hybridized carbons (Fsp3) is 0.438. The van der Waals surface area contributed by atoms with Crippen LogP contribution in [-0.4, -0.2) is 4.98 Å². The van der Waals surface area contributed by atoms with Gasteiger partial charge in [0.05, 0.1) is 11.2 Å². The molecule has 1 N–H and O–H groups in total. The first kappa shape index (κ1) is 14.2. The number of nitrogens with one attached hydrogen (secondary N) is 1. The highest BCUT2D eigenvalue weighted by Crippen LogP contribution is 2.25. The lowest BCUT2D eigenvalue weighted by atomic mass is 9.96.